The van der Waals surface area contributed by atoms with Gasteiger partial charge in [0.1, 0.15) is 0 Å². The molecule has 3 aromatic rings. The van der Waals surface area contributed by atoms with Crippen molar-refractivity contribution in [3.05, 3.63) is 80.5 Å². The highest BCUT2D eigenvalue weighted by Gasteiger charge is 2.25. The predicted octanol–water partition coefficient (Wildman–Crippen LogP) is 4.89. The van der Waals surface area contributed by atoms with Gasteiger partial charge in [-0.15, -0.1) is 0 Å². The van der Waals surface area contributed by atoms with Crippen LogP contribution in [-0.4, -0.2) is 59.7 Å². The van der Waals surface area contributed by atoms with Crippen LogP contribution < -0.4 is 15.8 Å². The molecule has 8 heteroatoms. The van der Waals surface area contributed by atoms with Gasteiger partial charge in [0.2, 0.25) is 0 Å². The summed E-state index contributed by atoms with van der Waals surface area (Å²) in [6.07, 6.45) is 6.37. The Morgan fingerprint density at radius 1 is 1.10 bits per heavy atom. The molecule has 2 aliphatic rings. The highest BCUT2D eigenvalue weighted by Crippen LogP contribution is 2.34. The molecule has 0 bridgehead atoms. The van der Waals surface area contributed by atoms with Crippen LogP contribution in [0.25, 0.3) is 11.1 Å². The third-order valence-corrected chi connectivity index (χ3v) is 8.57. The minimum atomic E-state index is -0.188. The van der Waals surface area contributed by atoms with Crippen LogP contribution >= 0.6 is 0 Å². The van der Waals surface area contributed by atoms with E-state index in [0.29, 0.717) is 17.2 Å². The van der Waals surface area contributed by atoms with Gasteiger partial charge in [-0.05, 0) is 107 Å². The zero-order valence-electron chi connectivity index (χ0n) is 24.9. The van der Waals surface area contributed by atoms with Crippen molar-refractivity contribution >= 4 is 11.6 Å². The van der Waals surface area contributed by atoms with Crippen LogP contribution in [-0.2, 0) is 17.8 Å². The summed E-state index contributed by atoms with van der Waals surface area (Å²) in [5, 5.41) is 3.03. The summed E-state index contributed by atoms with van der Waals surface area (Å²) >= 11 is 0. The van der Waals surface area contributed by atoms with Gasteiger partial charge in [-0.1, -0.05) is 6.07 Å². The van der Waals surface area contributed by atoms with Crippen LogP contribution in [0.2, 0.25) is 0 Å². The Morgan fingerprint density at radius 3 is 2.51 bits per heavy atom. The van der Waals surface area contributed by atoms with Gasteiger partial charge in [0.25, 0.3) is 11.5 Å². The van der Waals surface area contributed by atoms with Crippen molar-refractivity contribution in [3.63, 3.8) is 0 Å². The number of aryl methyl sites for hydroxylation is 2. The maximum absolute atomic E-state index is 13.7. The lowest BCUT2D eigenvalue weighted by atomic mass is 9.95. The SMILES string of the molecule is CCN(c1cc(-c2ccc(CN3CCCC3)nc2)cc(C(=O)NCc2c(C)cc(C)[nH]c2=O)c1C)C1CCOCC1. The number of H-pyrrole nitrogens is 1. The molecule has 0 saturated carbocycles. The van der Waals surface area contributed by atoms with E-state index < -0.39 is 0 Å². The number of nitrogens with zero attached hydrogens (tertiary/aromatic N) is 3. The molecule has 0 unspecified atom stereocenters. The Balaban J connectivity index is 1.47. The van der Waals surface area contributed by atoms with Gasteiger partial charge in [0.05, 0.1) is 5.69 Å². The van der Waals surface area contributed by atoms with Crippen molar-refractivity contribution in [2.75, 3.05) is 37.7 Å². The number of ether oxygens (including phenoxy) is 1. The molecule has 0 spiro atoms. The zero-order chi connectivity index (χ0) is 28.9. The summed E-state index contributed by atoms with van der Waals surface area (Å²) in [5.41, 5.74) is 7.73. The topological polar surface area (TPSA) is 90.6 Å². The third kappa shape index (κ3) is 6.71. The number of carbonyl (C=O) groups excluding carboxylic acids is 1. The first-order valence-electron chi connectivity index (χ1n) is 15.0. The fraction of sp³-hybridized carbons (Fsp3) is 0.485. The molecule has 0 atom stereocenters. The summed E-state index contributed by atoms with van der Waals surface area (Å²) < 4.78 is 5.64. The molecule has 1 amide bonds. The van der Waals surface area contributed by atoms with Crippen molar-refractivity contribution in [2.24, 2.45) is 0 Å². The number of amides is 1. The fourth-order valence-electron chi connectivity index (χ4n) is 6.25. The number of hydrogen-bond acceptors (Lipinski definition) is 6. The number of pyridine rings is 2. The average molecular weight is 558 g/mol. The second-order valence-electron chi connectivity index (χ2n) is 11.4. The molecule has 1 aromatic carbocycles. The number of hydrogen-bond donors (Lipinski definition) is 2. The van der Waals surface area contributed by atoms with E-state index >= 15 is 0 Å². The first-order valence-corrected chi connectivity index (χ1v) is 15.0. The van der Waals surface area contributed by atoms with Crippen LogP contribution in [0, 0.1) is 20.8 Å². The molecule has 41 heavy (non-hydrogen) atoms. The Kier molecular flexibility index (Phi) is 9.20. The zero-order valence-corrected chi connectivity index (χ0v) is 24.9. The quantitative estimate of drug-likeness (QED) is 0.389. The Bertz CT molecular complexity index is 1420. The van der Waals surface area contributed by atoms with E-state index in [1.807, 2.05) is 39.1 Å². The molecule has 2 N–H and O–H groups in total. The second-order valence-corrected chi connectivity index (χ2v) is 11.4. The Morgan fingerprint density at radius 2 is 1.85 bits per heavy atom. The number of aromatic amines is 1. The number of likely N-dealkylation sites (tertiary alicyclic amines) is 1. The normalized spacial score (nSPS) is 16.2. The van der Waals surface area contributed by atoms with Crippen molar-refractivity contribution in [2.45, 2.75) is 72.5 Å². The number of anilines is 1. The molecule has 0 aliphatic carbocycles. The first kappa shape index (κ1) is 29.0. The van der Waals surface area contributed by atoms with Crippen molar-refractivity contribution in [3.8, 4) is 11.1 Å². The van der Waals surface area contributed by atoms with Crippen LogP contribution in [0.1, 0.15) is 71.0 Å². The maximum Gasteiger partial charge on any atom is 0.253 e. The number of aromatic nitrogens is 2. The van der Waals surface area contributed by atoms with E-state index in [0.717, 1.165) is 91.6 Å². The lowest BCUT2D eigenvalue weighted by molar-refractivity contribution is 0.0846. The number of benzene rings is 1. The van der Waals surface area contributed by atoms with Crippen LogP contribution in [0.3, 0.4) is 0 Å². The van der Waals surface area contributed by atoms with Crippen molar-refractivity contribution in [1.29, 1.82) is 0 Å². The third-order valence-electron chi connectivity index (χ3n) is 8.57. The van der Waals surface area contributed by atoms with Crippen LogP contribution in [0.15, 0.2) is 41.3 Å². The number of rotatable bonds is 9. The van der Waals surface area contributed by atoms with Gasteiger partial charge in [-0.25, -0.2) is 0 Å². The molecule has 0 radical (unpaired) electrons. The molecule has 4 heterocycles. The minimum Gasteiger partial charge on any atom is -0.381 e. The van der Waals surface area contributed by atoms with Crippen LogP contribution in [0.4, 0.5) is 5.69 Å². The summed E-state index contributed by atoms with van der Waals surface area (Å²) in [6, 6.07) is 10.7. The van der Waals surface area contributed by atoms with E-state index in [2.05, 4.69) is 45.2 Å². The summed E-state index contributed by atoms with van der Waals surface area (Å²) in [6.45, 7) is 13.6. The molecular formula is C33H43N5O3. The molecule has 218 valence electrons. The first-order chi connectivity index (χ1) is 19.8. The molecular weight excluding hydrogens is 514 g/mol. The van der Waals surface area contributed by atoms with Crippen molar-refractivity contribution < 1.29 is 9.53 Å². The van der Waals surface area contributed by atoms with Crippen molar-refractivity contribution in [1.82, 2.24) is 20.2 Å². The standard InChI is InChI=1S/C33H43N5O3/c1-5-38(28-10-14-41-15-11-28)31-18-26(25-8-9-27(34-19-25)21-37-12-6-7-13-37)17-29(24(31)4)32(39)35-20-30-22(2)16-23(3)36-33(30)40/h8-9,16-19,28H,5-7,10-15,20-21H2,1-4H3,(H,35,39)(H,36,40). The second kappa shape index (κ2) is 13.0. The number of carbonyl (C=O) groups is 1. The predicted molar refractivity (Wildman–Crippen MR) is 163 cm³/mol. The highest BCUT2D eigenvalue weighted by molar-refractivity contribution is 5.99. The molecule has 2 aromatic heterocycles. The fourth-order valence-corrected chi connectivity index (χ4v) is 6.25. The molecule has 8 nitrogen and oxygen atoms in total. The Labute approximate surface area is 243 Å². The van der Waals surface area contributed by atoms with E-state index in [1.165, 1.54) is 12.8 Å². The van der Waals surface area contributed by atoms with E-state index in [9.17, 15) is 9.59 Å². The maximum atomic E-state index is 13.7. The largest absolute Gasteiger partial charge is 0.381 e. The lowest BCUT2D eigenvalue weighted by Gasteiger charge is -2.37. The molecule has 5 rings (SSSR count). The highest BCUT2D eigenvalue weighted by atomic mass is 16.5. The van der Waals surface area contributed by atoms with E-state index in [-0.39, 0.29) is 18.0 Å². The molecule has 2 saturated heterocycles. The van der Waals surface area contributed by atoms with Gasteiger partial charge in [-0.3, -0.25) is 19.5 Å². The molecule has 2 fully saturated rings. The van der Waals surface area contributed by atoms with Gasteiger partial charge in [-0.2, -0.15) is 0 Å². The summed E-state index contributed by atoms with van der Waals surface area (Å²) in [7, 11) is 0. The average Bonchev–Trinajstić information content (AvgIpc) is 3.48. The Hall–Kier alpha value is -3.49. The smallest absolute Gasteiger partial charge is 0.253 e. The van der Waals surface area contributed by atoms with E-state index in [4.69, 9.17) is 9.72 Å². The van der Waals surface area contributed by atoms with E-state index in [1.54, 1.807) is 0 Å². The minimum absolute atomic E-state index is 0.161. The van der Waals surface area contributed by atoms with Gasteiger partial charge in [0.15, 0.2) is 0 Å². The van der Waals surface area contributed by atoms with Gasteiger partial charge < -0.3 is 19.9 Å². The van der Waals surface area contributed by atoms with Crippen LogP contribution in [0.5, 0.6) is 0 Å². The van der Waals surface area contributed by atoms with Gasteiger partial charge in [0, 0.05) is 73.2 Å². The number of nitrogens with one attached hydrogen (secondary N) is 2. The van der Waals surface area contributed by atoms with Gasteiger partial charge >= 0.3 is 0 Å². The summed E-state index contributed by atoms with van der Waals surface area (Å²) in [5.74, 6) is -0.188. The lowest BCUT2D eigenvalue weighted by Crippen LogP contribution is -2.40. The monoisotopic (exact) mass is 557 g/mol. The molecule has 2 aliphatic heterocycles. The summed E-state index contributed by atoms with van der Waals surface area (Å²) in [4.78, 5) is 38.8.